The number of nitrogens with one attached hydrogen (secondary N) is 1. The smallest absolute Gasteiger partial charge is 0.326 e. The topological polar surface area (TPSA) is 58.6 Å². The molecule has 0 aromatic carbocycles. The summed E-state index contributed by atoms with van der Waals surface area (Å²) in [6.45, 7) is 12.3. The Morgan fingerprint density at radius 2 is 1.65 bits per heavy atom. The molecule has 0 rings (SSSR count). The maximum absolute atomic E-state index is 11.3. The summed E-state index contributed by atoms with van der Waals surface area (Å²) in [5.74, 6) is -0.888. The number of ether oxygens (including phenoxy) is 1. The number of methoxy groups -OCH3 is 1. The number of carboxylic acid groups (broad SMARTS) is 1. The average molecular weight is 245 g/mol. The van der Waals surface area contributed by atoms with Gasteiger partial charge in [-0.2, -0.15) is 0 Å². The Balaban J connectivity index is 4.81. The van der Waals surface area contributed by atoms with Crippen molar-refractivity contribution in [3.05, 3.63) is 0 Å². The van der Waals surface area contributed by atoms with E-state index in [0.717, 1.165) is 6.42 Å². The summed E-state index contributed by atoms with van der Waals surface area (Å²) in [5.41, 5.74) is -1.17. The van der Waals surface area contributed by atoms with Crippen LogP contribution in [0.5, 0.6) is 0 Å². The zero-order valence-electron chi connectivity index (χ0n) is 12.2. The van der Waals surface area contributed by atoms with Gasteiger partial charge in [-0.05, 0) is 32.6 Å². The second-order valence-corrected chi connectivity index (χ2v) is 6.82. The van der Waals surface area contributed by atoms with Crippen LogP contribution in [0.2, 0.25) is 0 Å². The first kappa shape index (κ1) is 16.4. The van der Waals surface area contributed by atoms with Gasteiger partial charge in [-0.15, -0.1) is 0 Å². The highest BCUT2D eigenvalue weighted by Gasteiger charge is 2.39. The molecule has 2 N–H and O–H groups in total. The Bertz CT molecular complexity index is 268. The van der Waals surface area contributed by atoms with Crippen molar-refractivity contribution >= 4 is 5.97 Å². The van der Waals surface area contributed by atoms with Crippen LogP contribution in [0.15, 0.2) is 0 Å². The monoisotopic (exact) mass is 245 g/mol. The molecule has 0 aliphatic heterocycles. The maximum atomic E-state index is 11.3. The predicted octanol–water partition coefficient (Wildman–Crippen LogP) is 2.28. The molecule has 17 heavy (non-hydrogen) atoms. The summed E-state index contributed by atoms with van der Waals surface area (Å²) in [7, 11) is 1.51. The minimum atomic E-state index is -1.05. The lowest BCUT2D eigenvalue weighted by atomic mass is 9.80. The quantitative estimate of drug-likeness (QED) is 0.753. The molecular formula is C13H27NO3. The molecule has 0 spiro atoms. The number of carboxylic acids is 1. The third-order valence-corrected chi connectivity index (χ3v) is 2.49. The second kappa shape index (κ2) is 5.36. The molecule has 1 atom stereocenters. The normalized spacial score (nSPS) is 16.6. The molecule has 1 unspecified atom stereocenters. The van der Waals surface area contributed by atoms with Gasteiger partial charge in [-0.1, -0.05) is 20.8 Å². The standard InChI is InChI=1S/C13H27NO3/c1-11(2,3)8-12(4,5)14-13(6,9-17-7)10(15)16/h14H,8-9H2,1-7H3,(H,15,16). The summed E-state index contributed by atoms with van der Waals surface area (Å²) in [6.07, 6.45) is 0.882. The van der Waals surface area contributed by atoms with Crippen LogP contribution in [-0.2, 0) is 9.53 Å². The molecule has 0 fully saturated rings. The van der Waals surface area contributed by atoms with Crippen LogP contribution in [0.25, 0.3) is 0 Å². The fourth-order valence-corrected chi connectivity index (χ4v) is 2.56. The lowest BCUT2D eigenvalue weighted by molar-refractivity contribution is -0.147. The van der Waals surface area contributed by atoms with Gasteiger partial charge in [0, 0.05) is 12.6 Å². The largest absolute Gasteiger partial charge is 0.480 e. The van der Waals surface area contributed by atoms with Crippen LogP contribution < -0.4 is 5.32 Å². The first-order valence-electron chi connectivity index (χ1n) is 5.94. The van der Waals surface area contributed by atoms with E-state index in [4.69, 9.17) is 4.74 Å². The number of carbonyl (C=O) groups is 1. The second-order valence-electron chi connectivity index (χ2n) is 6.82. The molecule has 102 valence electrons. The van der Waals surface area contributed by atoms with Crippen LogP contribution in [0.3, 0.4) is 0 Å². The van der Waals surface area contributed by atoms with E-state index in [2.05, 4.69) is 26.1 Å². The van der Waals surface area contributed by atoms with Crippen molar-refractivity contribution < 1.29 is 14.6 Å². The molecule has 0 aromatic heterocycles. The van der Waals surface area contributed by atoms with Gasteiger partial charge in [0.25, 0.3) is 0 Å². The van der Waals surface area contributed by atoms with E-state index in [1.807, 2.05) is 13.8 Å². The Hall–Kier alpha value is -0.610. The van der Waals surface area contributed by atoms with Crippen molar-refractivity contribution in [2.24, 2.45) is 5.41 Å². The van der Waals surface area contributed by atoms with E-state index < -0.39 is 11.5 Å². The van der Waals surface area contributed by atoms with Crippen LogP contribution >= 0.6 is 0 Å². The van der Waals surface area contributed by atoms with Gasteiger partial charge < -0.3 is 9.84 Å². The third kappa shape index (κ3) is 6.03. The lowest BCUT2D eigenvalue weighted by Crippen LogP contribution is -2.61. The SMILES string of the molecule is COCC(C)(NC(C)(C)CC(C)(C)C)C(=O)O. The Morgan fingerprint density at radius 3 is 1.94 bits per heavy atom. The van der Waals surface area contributed by atoms with E-state index >= 15 is 0 Å². The van der Waals surface area contributed by atoms with Crippen LogP contribution in [0.4, 0.5) is 0 Å². The van der Waals surface area contributed by atoms with E-state index in [0.29, 0.717) is 0 Å². The molecule has 4 heteroatoms. The fourth-order valence-electron chi connectivity index (χ4n) is 2.56. The van der Waals surface area contributed by atoms with Crippen molar-refractivity contribution in [3.8, 4) is 0 Å². The summed E-state index contributed by atoms with van der Waals surface area (Å²) >= 11 is 0. The number of hydrogen-bond donors (Lipinski definition) is 2. The molecule has 0 aromatic rings. The van der Waals surface area contributed by atoms with Crippen molar-refractivity contribution in [2.75, 3.05) is 13.7 Å². The van der Waals surface area contributed by atoms with E-state index in [1.165, 1.54) is 7.11 Å². The number of rotatable bonds is 6. The Kier molecular flexibility index (Phi) is 5.16. The van der Waals surface area contributed by atoms with Gasteiger partial charge in [0.05, 0.1) is 6.61 Å². The first-order chi connectivity index (χ1) is 7.42. The highest BCUT2D eigenvalue weighted by Crippen LogP contribution is 2.28. The molecule has 0 aliphatic carbocycles. The van der Waals surface area contributed by atoms with Gasteiger partial charge in [0.1, 0.15) is 5.54 Å². The molecule has 0 heterocycles. The van der Waals surface area contributed by atoms with Crippen LogP contribution in [0.1, 0.15) is 48.0 Å². The highest BCUT2D eigenvalue weighted by molar-refractivity contribution is 5.78. The van der Waals surface area contributed by atoms with Gasteiger partial charge in [-0.3, -0.25) is 10.1 Å². The Labute approximate surface area is 105 Å². The zero-order chi connectivity index (χ0) is 13.9. The number of hydrogen-bond acceptors (Lipinski definition) is 3. The van der Waals surface area contributed by atoms with Crippen molar-refractivity contribution in [1.82, 2.24) is 5.32 Å². The third-order valence-electron chi connectivity index (χ3n) is 2.49. The van der Waals surface area contributed by atoms with E-state index in [9.17, 15) is 9.90 Å². The minimum absolute atomic E-state index is 0.142. The summed E-state index contributed by atoms with van der Waals surface area (Å²) in [6, 6.07) is 0. The minimum Gasteiger partial charge on any atom is -0.480 e. The van der Waals surface area contributed by atoms with E-state index in [-0.39, 0.29) is 17.6 Å². The summed E-state index contributed by atoms with van der Waals surface area (Å²) < 4.78 is 5.00. The molecule has 4 nitrogen and oxygen atoms in total. The molecule has 0 amide bonds. The average Bonchev–Trinajstić information content (AvgIpc) is 1.97. The van der Waals surface area contributed by atoms with Gasteiger partial charge in [-0.25, -0.2) is 0 Å². The van der Waals surface area contributed by atoms with E-state index in [1.54, 1.807) is 6.92 Å². The van der Waals surface area contributed by atoms with Gasteiger partial charge in [0.2, 0.25) is 0 Å². The van der Waals surface area contributed by atoms with Crippen LogP contribution in [-0.4, -0.2) is 35.9 Å². The zero-order valence-corrected chi connectivity index (χ0v) is 12.2. The lowest BCUT2D eigenvalue weighted by Gasteiger charge is -2.39. The highest BCUT2D eigenvalue weighted by atomic mass is 16.5. The summed E-state index contributed by atoms with van der Waals surface area (Å²) in [5, 5.41) is 12.5. The van der Waals surface area contributed by atoms with Crippen LogP contribution in [0, 0.1) is 5.41 Å². The molecular weight excluding hydrogens is 218 g/mol. The fraction of sp³-hybridized carbons (Fsp3) is 0.923. The van der Waals surface area contributed by atoms with Gasteiger partial charge in [0.15, 0.2) is 0 Å². The molecule has 0 saturated heterocycles. The maximum Gasteiger partial charge on any atom is 0.326 e. The van der Waals surface area contributed by atoms with Crippen molar-refractivity contribution in [3.63, 3.8) is 0 Å². The summed E-state index contributed by atoms with van der Waals surface area (Å²) in [4.78, 5) is 11.3. The molecule has 0 aliphatic rings. The Morgan fingerprint density at radius 1 is 1.18 bits per heavy atom. The molecule has 0 saturated carbocycles. The predicted molar refractivity (Wildman–Crippen MR) is 69.2 cm³/mol. The first-order valence-corrected chi connectivity index (χ1v) is 5.94. The van der Waals surface area contributed by atoms with Crippen molar-refractivity contribution in [2.45, 2.75) is 59.0 Å². The number of aliphatic carboxylic acids is 1. The van der Waals surface area contributed by atoms with Crippen molar-refractivity contribution in [1.29, 1.82) is 0 Å². The molecule has 0 bridgehead atoms. The van der Waals surface area contributed by atoms with Gasteiger partial charge >= 0.3 is 5.97 Å². The molecule has 0 radical (unpaired) electrons.